The zero-order chi connectivity index (χ0) is 16.8. The third-order valence-corrected chi connectivity index (χ3v) is 4.57. The molecule has 128 valence electrons. The lowest BCUT2D eigenvalue weighted by Crippen LogP contribution is -2.27. The van der Waals surface area contributed by atoms with Gasteiger partial charge in [-0.1, -0.05) is 19.4 Å². The van der Waals surface area contributed by atoms with Crippen molar-refractivity contribution in [3.63, 3.8) is 0 Å². The van der Waals surface area contributed by atoms with Crippen LogP contribution in [-0.2, 0) is 24.2 Å². The minimum Gasteiger partial charge on any atom is -0.354 e. The Kier molecular flexibility index (Phi) is 5.62. The van der Waals surface area contributed by atoms with Gasteiger partial charge in [0.1, 0.15) is 5.69 Å². The van der Waals surface area contributed by atoms with Crippen LogP contribution in [-0.4, -0.2) is 27.2 Å². The van der Waals surface area contributed by atoms with E-state index in [4.69, 9.17) is 5.10 Å². The number of hydrogen-bond donors (Lipinski definition) is 1. The molecule has 0 saturated heterocycles. The molecule has 1 aliphatic rings. The smallest absolute Gasteiger partial charge is 0.220 e. The van der Waals surface area contributed by atoms with Crippen LogP contribution < -0.4 is 5.32 Å². The monoisotopic (exact) mass is 326 g/mol. The molecular formula is C19H26N4O. The number of amides is 1. The van der Waals surface area contributed by atoms with Crippen LogP contribution in [0.25, 0.3) is 11.4 Å². The third kappa shape index (κ3) is 3.83. The Morgan fingerprint density at radius 1 is 1.29 bits per heavy atom. The van der Waals surface area contributed by atoms with Gasteiger partial charge in [-0.25, -0.2) is 0 Å². The van der Waals surface area contributed by atoms with Crippen molar-refractivity contribution in [2.45, 2.75) is 58.4 Å². The fourth-order valence-corrected chi connectivity index (χ4v) is 3.29. The van der Waals surface area contributed by atoms with Crippen LogP contribution in [0.4, 0.5) is 0 Å². The summed E-state index contributed by atoms with van der Waals surface area (Å²) in [5.41, 5.74) is 4.63. The maximum absolute atomic E-state index is 11.8. The topological polar surface area (TPSA) is 59.8 Å². The molecule has 1 aliphatic carbocycles. The summed E-state index contributed by atoms with van der Waals surface area (Å²) in [6, 6.07) is 5.96. The molecule has 0 fully saturated rings. The van der Waals surface area contributed by atoms with Crippen molar-refractivity contribution < 1.29 is 4.79 Å². The second-order valence-corrected chi connectivity index (χ2v) is 6.37. The molecule has 2 aromatic heterocycles. The van der Waals surface area contributed by atoms with Gasteiger partial charge in [-0.05, 0) is 44.2 Å². The van der Waals surface area contributed by atoms with Crippen LogP contribution in [0.1, 0.15) is 50.3 Å². The second kappa shape index (κ2) is 8.08. The molecule has 5 heteroatoms. The molecule has 0 aromatic carbocycles. The van der Waals surface area contributed by atoms with Crippen molar-refractivity contribution in [3.8, 4) is 11.4 Å². The quantitative estimate of drug-likeness (QED) is 0.850. The van der Waals surface area contributed by atoms with E-state index in [2.05, 4.69) is 21.9 Å². The average Bonchev–Trinajstić information content (AvgIpc) is 3.00. The number of fused-ring (bicyclic) bond motifs is 1. The van der Waals surface area contributed by atoms with Crippen molar-refractivity contribution in [3.05, 3.63) is 35.7 Å². The molecule has 0 bridgehead atoms. The number of unbranched alkanes of at least 4 members (excludes halogenated alkanes) is 1. The molecule has 0 spiro atoms. The highest BCUT2D eigenvalue weighted by molar-refractivity contribution is 5.75. The number of aromatic nitrogens is 3. The van der Waals surface area contributed by atoms with E-state index in [1.165, 1.54) is 24.1 Å². The molecule has 0 saturated carbocycles. The van der Waals surface area contributed by atoms with Crippen LogP contribution in [0.5, 0.6) is 0 Å². The van der Waals surface area contributed by atoms with Crippen molar-refractivity contribution in [2.75, 3.05) is 6.54 Å². The molecule has 0 atom stereocenters. The molecule has 2 aromatic rings. The highest BCUT2D eigenvalue weighted by Crippen LogP contribution is 2.30. The molecule has 0 radical (unpaired) electrons. The number of carbonyl (C=O) groups excluding carboxylic acids is 1. The molecule has 3 rings (SSSR count). The van der Waals surface area contributed by atoms with E-state index in [0.717, 1.165) is 43.6 Å². The van der Waals surface area contributed by atoms with Gasteiger partial charge in [0.05, 0.1) is 12.2 Å². The summed E-state index contributed by atoms with van der Waals surface area (Å²) < 4.78 is 2.08. The molecule has 0 aliphatic heterocycles. The first kappa shape index (κ1) is 16.7. The molecule has 2 heterocycles. The Hall–Kier alpha value is -2.17. The van der Waals surface area contributed by atoms with E-state index < -0.39 is 0 Å². The molecule has 1 N–H and O–H groups in total. The Morgan fingerprint density at radius 3 is 2.96 bits per heavy atom. The second-order valence-electron chi connectivity index (χ2n) is 6.37. The van der Waals surface area contributed by atoms with E-state index in [1.54, 1.807) is 0 Å². The minimum absolute atomic E-state index is 0.142. The first-order valence-electron chi connectivity index (χ1n) is 9.06. The molecular weight excluding hydrogens is 300 g/mol. The summed E-state index contributed by atoms with van der Waals surface area (Å²) in [4.78, 5) is 16.2. The maximum atomic E-state index is 11.8. The summed E-state index contributed by atoms with van der Waals surface area (Å²) >= 11 is 0. The predicted octanol–water partition coefficient (Wildman–Crippen LogP) is 3.13. The van der Waals surface area contributed by atoms with Crippen LogP contribution in [0.3, 0.4) is 0 Å². The Labute approximate surface area is 143 Å². The van der Waals surface area contributed by atoms with Crippen LogP contribution in [0, 0.1) is 0 Å². The molecule has 24 heavy (non-hydrogen) atoms. The number of pyridine rings is 1. The van der Waals surface area contributed by atoms with E-state index >= 15 is 0 Å². The number of rotatable bonds is 7. The number of carbonyl (C=O) groups is 1. The van der Waals surface area contributed by atoms with Gasteiger partial charge in [0.15, 0.2) is 0 Å². The fraction of sp³-hybridized carbons (Fsp3) is 0.526. The Bertz CT molecular complexity index is 678. The van der Waals surface area contributed by atoms with Gasteiger partial charge in [0, 0.05) is 30.4 Å². The van der Waals surface area contributed by atoms with Crippen molar-refractivity contribution in [1.82, 2.24) is 20.1 Å². The van der Waals surface area contributed by atoms with E-state index in [1.807, 2.05) is 24.4 Å². The van der Waals surface area contributed by atoms with Crippen molar-refractivity contribution in [2.24, 2.45) is 0 Å². The highest BCUT2D eigenvalue weighted by Gasteiger charge is 2.22. The van der Waals surface area contributed by atoms with Gasteiger partial charge < -0.3 is 5.32 Å². The normalized spacial score (nSPS) is 13.5. The lowest BCUT2D eigenvalue weighted by atomic mass is 9.95. The minimum atomic E-state index is 0.142. The van der Waals surface area contributed by atoms with Gasteiger partial charge in [0.2, 0.25) is 5.91 Å². The van der Waals surface area contributed by atoms with E-state index in [9.17, 15) is 4.79 Å². The van der Waals surface area contributed by atoms with E-state index in [-0.39, 0.29) is 5.91 Å². The predicted molar refractivity (Wildman–Crippen MR) is 94.6 cm³/mol. The van der Waals surface area contributed by atoms with Crippen molar-refractivity contribution >= 4 is 5.91 Å². The standard InChI is InChI=1S/C19H26N4O/c1-2-3-11-18(24)21-13-14-23-17-10-5-4-8-15(17)19(22-23)16-9-6-7-12-20-16/h6-7,9,12H,2-5,8,10-11,13-14H2,1H3,(H,21,24). The highest BCUT2D eigenvalue weighted by atomic mass is 16.1. The zero-order valence-electron chi connectivity index (χ0n) is 14.4. The lowest BCUT2D eigenvalue weighted by molar-refractivity contribution is -0.121. The largest absolute Gasteiger partial charge is 0.354 e. The van der Waals surface area contributed by atoms with Crippen molar-refractivity contribution in [1.29, 1.82) is 0 Å². The van der Waals surface area contributed by atoms with Gasteiger partial charge in [-0.3, -0.25) is 14.5 Å². The average molecular weight is 326 g/mol. The summed E-state index contributed by atoms with van der Waals surface area (Å²) in [5.74, 6) is 0.142. The first-order chi connectivity index (χ1) is 11.8. The Morgan fingerprint density at radius 2 is 2.17 bits per heavy atom. The molecule has 0 unspecified atom stereocenters. The van der Waals surface area contributed by atoms with Gasteiger partial charge >= 0.3 is 0 Å². The van der Waals surface area contributed by atoms with E-state index in [0.29, 0.717) is 13.0 Å². The fourth-order valence-electron chi connectivity index (χ4n) is 3.29. The molecule has 1 amide bonds. The number of nitrogens with one attached hydrogen (secondary N) is 1. The lowest BCUT2D eigenvalue weighted by Gasteiger charge is -2.14. The summed E-state index contributed by atoms with van der Waals surface area (Å²) in [6.07, 6.45) is 9.00. The van der Waals surface area contributed by atoms with Gasteiger partial charge in [-0.15, -0.1) is 0 Å². The summed E-state index contributed by atoms with van der Waals surface area (Å²) in [6.45, 7) is 3.47. The van der Waals surface area contributed by atoms with Crippen LogP contribution in [0.2, 0.25) is 0 Å². The molecule has 5 nitrogen and oxygen atoms in total. The number of nitrogens with zero attached hydrogens (tertiary/aromatic N) is 3. The van der Waals surface area contributed by atoms with Gasteiger partial charge in [-0.2, -0.15) is 5.10 Å². The van der Waals surface area contributed by atoms with Gasteiger partial charge in [0.25, 0.3) is 0 Å². The first-order valence-corrected chi connectivity index (χ1v) is 9.06. The summed E-state index contributed by atoms with van der Waals surface area (Å²) in [5, 5.41) is 7.83. The Balaban J connectivity index is 1.72. The van der Waals surface area contributed by atoms with Crippen LogP contribution in [0.15, 0.2) is 24.4 Å². The number of hydrogen-bond acceptors (Lipinski definition) is 3. The summed E-state index contributed by atoms with van der Waals surface area (Å²) in [7, 11) is 0. The SMILES string of the molecule is CCCCC(=O)NCCn1nc(-c2ccccn2)c2c1CCCC2. The third-order valence-electron chi connectivity index (χ3n) is 4.57. The maximum Gasteiger partial charge on any atom is 0.220 e. The zero-order valence-corrected chi connectivity index (χ0v) is 14.4. The van der Waals surface area contributed by atoms with Crippen LogP contribution >= 0.6 is 0 Å².